The van der Waals surface area contributed by atoms with Gasteiger partial charge in [-0.25, -0.2) is 19.6 Å². The first kappa shape index (κ1) is 29.8. The molecule has 1 aromatic rings. The van der Waals surface area contributed by atoms with Crippen molar-refractivity contribution in [3.05, 3.63) is 10.8 Å². The van der Waals surface area contributed by atoms with Crippen LogP contribution in [-0.2, 0) is 19.0 Å². The third kappa shape index (κ3) is 9.88. The number of alkyl carbamates (subject to hydrolysis) is 1. The Labute approximate surface area is 220 Å². The van der Waals surface area contributed by atoms with Gasteiger partial charge in [-0.15, -0.1) is 0 Å². The van der Waals surface area contributed by atoms with Crippen molar-refractivity contribution in [2.45, 2.75) is 57.1 Å². The van der Waals surface area contributed by atoms with Crippen molar-refractivity contribution in [3.8, 4) is 0 Å². The normalized spacial score (nSPS) is 18.5. The van der Waals surface area contributed by atoms with E-state index in [9.17, 15) is 14.4 Å². The van der Waals surface area contributed by atoms with E-state index in [1.54, 1.807) is 0 Å². The smallest absolute Gasteiger partial charge is 0.407 e. The van der Waals surface area contributed by atoms with Crippen LogP contribution in [0.2, 0.25) is 5.15 Å². The van der Waals surface area contributed by atoms with E-state index in [4.69, 9.17) is 38.3 Å². The maximum absolute atomic E-state index is 12.2. The summed E-state index contributed by atoms with van der Waals surface area (Å²) in [4.78, 5) is 47.2. The van der Waals surface area contributed by atoms with Crippen molar-refractivity contribution in [3.63, 3.8) is 0 Å². The quantitative estimate of drug-likeness (QED) is 0.115. The largest absolute Gasteiger partial charge is 0.467 e. The van der Waals surface area contributed by atoms with Crippen LogP contribution in [0.1, 0.15) is 55.4 Å². The van der Waals surface area contributed by atoms with Gasteiger partial charge < -0.3 is 36.7 Å². The zero-order valence-electron chi connectivity index (χ0n) is 21.0. The van der Waals surface area contributed by atoms with Crippen molar-refractivity contribution >= 4 is 47.2 Å². The lowest BCUT2D eigenvalue weighted by molar-refractivity contribution is -0.145. The topological polar surface area (TPSA) is 219 Å². The molecule has 0 spiro atoms. The summed E-state index contributed by atoms with van der Waals surface area (Å²) in [5.74, 6) is -0.974. The van der Waals surface area contributed by atoms with E-state index >= 15 is 0 Å². The first-order chi connectivity index (χ1) is 17.6. The van der Waals surface area contributed by atoms with Gasteiger partial charge in [0.15, 0.2) is 34.5 Å². The molecule has 1 atom stereocenters. The summed E-state index contributed by atoms with van der Waals surface area (Å²) in [5.41, 5.74) is 16.8. The lowest BCUT2D eigenvalue weighted by atomic mass is 9.84. The number of nitrogen functional groups attached to an aromatic ring is 2. The molecular weight excluding hydrogens is 508 g/mol. The highest BCUT2D eigenvalue weighted by atomic mass is 35.5. The number of anilines is 2. The third-order valence-corrected chi connectivity index (χ3v) is 6.20. The zero-order valence-corrected chi connectivity index (χ0v) is 21.8. The highest BCUT2D eigenvalue weighted by Gasteiger charge is 2.26. The van der Waals surface area contributed by atoms with Crippen LogP contribution in [0.4, 0.5) is 16.4 Å². The zero-order chi connectivity index (χ0) is 27.4. The van der Waals surface area contributed by atoms with Gasteiger partial charge in [-0.3, -0.25) is 15.1 Å². The molecule has 15 heteroatoms. The molecule has 0 saturated heterocycles. The van der Waals surface area contributed by atoms with Gasteiger partial charge in [-0.1, -0.05) is 24.4 Å². The van der Waals surface area contributed by atoms with E-state index in [1.807, 2.05) is 0 Å². The Balaban J connectivity index is 1.65. The molecule has 1 saturated carbocycles. The van der Waals surface area contributed by atoms with Crippen LogP contribution >= 0.6 is 11.6 Å². The van der Waals surface area contributed by atoms with Crippen LogP contribution in [0.15, 0.2) is 4.99 Å². The summed E-state index contributed by atoms with van der Waals surface area (Å²) in [6.07, 6.45) is 5.86. The van der Waals surface area contributed by atoms with Crippen molar-refractivity contribution in [2.75, 3.05) is 38.8 Å². The number of methoxy groups -OCH3 is 2. The second kappa shape index (κ2) is 15.0. The van der Waals surface area contributed by atoms with Gasteiger partial charge in [0.2, 0.25) is 0 Å². The number of hydrogen-bond donors (Lipinski definition) is 5. The predicted octanol–water partition coefficient (Wildman–Crippen LogP) is 0.982. The van der Waals surface area contributed by atoms with Crippen LogP contribution < -0.4 is 27.8 Å². The Morgan fingerprint density at radius 2 is 1.78 bits per heavy atom. The van der Waals surface area contributed by atoms with Gasteiger partial charge in [0.1, 0.15) is 0 Å². The summed E-state index contributed by atoms with van der Waals surface area (Å²) in [6, 6.07) is -0.914. The molecule has 0 unspecified atom stereocenters. The molecule has 2 amide bonds. The van der Waals surface area contributed by atoms with Crippen molar-refractivity contribution in [1.82, 2.24) is 20.6 Å². The summed E-state index contributed by atoms with van der Waals surface area (Å²) in [7, 11) is 2.47. The summed E-state index contributed by atoms with van der Waals surface area (Å²) in [6.45, 7) is 0.480. The maximum atomic E-state index is 12.2. The number of unbranched alkanes of at least 4 members (excludes halogenated alkanes) is 1. The molecule has 1 fully saturated rings. The average molecular weight is 543 g/mol. The SMILES string of the molecule is COC(=O)N[C@@H](COC1CCC(CCCCN=C(N)NC(=O)c2nc(Cl)c(N)nc2N)CC1)C(=O)OC. The molecule has 0 aliphatic heterocycles. The van der Waals surface area contributed by atoms with Gasteiger partial charge in [0.05, 0.1) is 26.9 Å². The Hall–Kier alpha value is -3.39. The fourth-order valence-electron chi connectivity index (χ4n) is 3.90. The van der Waals surface area contributed by atoms with Gasteiger partial charge in [0, 0.05) is 6.54 Å². The van der Waals surface area contributed by atoms with Gasteiger partial charge >= 0.3 is 12.1 Å². The second-order valence-corrected chi connectivity index (χ2v) is 8.90. The number of amides is 2. The number of esters is 1. The number of carbonyl (C=O) groups is 3. The minimum Gasteiger partial charge on any atom is -0.467 e. The number of rotatable bonds is 11. The Bertz CT molecular complexity index is 971. The summed E-state index contributed by atoms with van der Waals surface area (Å²) >= 11 is 5.79. The lowest BCUT2D eigenvalue weighted by Gasteiger charge is -2.29. The molecule has 8 N–H and O–H groups in total. The fourth-order valence-corrected chi connectivity index (χ4v) is 4.03. The molecule has 1 heterocycles. The van der Waals surface area contributed by atoms with E-state index in [-0.39, 0.29) is 41.2 Å². The van der Waals surface area contributed by atoms with Gasteiger partial charge in [0.25, 0.3) is 5.91 Å². The molecule has 0 aromatic carbocycles. The predicted molar refractivity (Wildman–Crippen MR) is 137 cm³/mol. The van der Waals surface area contributed by atoms with E-state index in [0.29, 0.717) is 12.5 Å². The lowest BCUT2D eigenvalue weighted by Crippen LogP contribution is -2.45. The first-order valence-electron chi connectivity index (χ1n) is 11.9. The maximum Gasteiger partial charge on any atom is 0.407 e. The molecule has 0 radical (unpaired) electrons. The van der Waals surface area contributed by atoms with Crippen LogP contribution in [-0.4, -0.2) is 73.4 Å². The number of guanidine groups is 1. The van der Waals surface area contributed by atoms with Crippen LogP contribution in [0.5, 0.6) is 0 Å². The number of carbonyl (C=O) groups excluding carboxylic acids is 3. The Kier molecular flexibility index (Phi) is 12.1. The summed E-state index contributed by atoms with van der Waals surface area (Å²) < 4.78 is 15.1. The van der Waals surface area contributed by atoms with Gasteiger partial charge in [-0.05, 0) is 38.0 Å². The summed E-state index contributed by atoms with van der Waals surface area (Å²) in [5, 5.41) is 4.69. The minimum absolute atomic E-state index is 0.0190. The molecule has 1 aliphatic rings. The average Bonchev–Trinajstić information content (AvgIpc) is 2.88. The number of ether oxygens (including phenoxy) is 3. The first-order valence-corrected chi connectivity index (χ1v) is 12.3. The number of nitrogens with two attached hydrogens (primary N) is 3. The van der Waals surface area contributed by atoms with E-state index in [1.165, 1.54) is 14.2 Å². The number of nitrogens with zero attached hydrogens (tertiary/aromatic N) is 3. The molecule has 2 rings (SSSR count). The highest BCUT2D eigenvalue weighted by Crippen LogP contribution is 2.30. The molecule has 1 aromatic heterocycles. The number of nitrogens with one attached hydrogen (secondary N) is 2. The number of hydrogen-bond acceptors (Lipinski definition) is 11. The van der Waals surface area contributed by atoms with Crippen molar-refractivity contribution in [1.29, 1.82) is 0 Å². The minimum atomic E-state index is -0.914. The molecule has 37 heavy (non-hydrogen) atoms. The standard InChI is InChI=1S/C22H35ClN8O6/c1-35-20(33)14(28-22(34)36-2)11-37-13-8-6-12(7-9-13)5-3-4-10-27-21(26)31-19(32)15-17(24)30-18(25)16(23)29-15/h12-14H,3-11H2,1-2H3,(H,28,34)(H4,24,25,30)(H3,26,27,31,32)/t12?,13?,14-/m0/s1. The molecular formula is C22H35ClN8O6. The molecule has 206 valence electrons. The van der Waals surface area contributed by atoms with Crippen LogP contribution in [0.3, 0.4) is 0 Å². The second-order valence-electron chi connectivity index (χ2n) is 8.54. The monoisotopic (exact) mass is 542 g/mol. The number of halogens is 1. The van der Waals surface area contributed by atoms with E-state index in [2.05, 4.69) is 30.3 Å². The fraction of sp³-hybridized carbons (Fsp3) is 0.636. The van der Waals surface area contributed by atoms with E-state index < -0.39 is 24.0 Å². The molecule has 0 bridgehead atoms. The molecule has 14 nitrogen and oxygen atoms in total. The van der Waals surface area contributed by atoms with E-state index in [0.717, 1.165) is 44.9 Å². The van der Waals surface area contributed by atoms with Crippen LogP contribution in [0.25, 0.3) is 0 Å². The Morgan fingerprint density at radius 1 is 1.08 bits per heavy atom. The van der Waals surface area contributed by atoms with Crippen molar-refractivity contribution < 1.29 is 28.6 Å². The number of aliphatic imine (C=N–C) groups is 1. The molecule has 1 aliphatic carbocycles. The Morgan fingerprint density at radius 3 is 2.43 bits per heavy atom. The van der Waals surface area contributed by atoms with Gasteiger partial charge in [-0.2, -0.15) is 0 Å². The van der Waals surface area contributed by atoms with Crippen LogP contribution in [0, 0.1) is 5.92 Å². The van der Waals surface area contributed by atoms with Crippen molar-refractivity contribution in [2.24, 2.45) is 16.6 Å². The number of aromatic nitrogens is 2. The highest BCUT2D eigenvalue weighted by molar-refractivity contribution is 6.31. The third-order valence-electron chi connectivity index (χ3n) is 5.92.